The average molecular weight is 380 g/mol. The fourth-order valence-corrected chi connectivity index (χ4v) is 4.36. The highest BCUT2D eigenvalue weighted by atomic mass is 16.5. The number of aromatic nitrogens is 2. The first-order chi connectivity index (χ1) is 13.7. The molecular weight excluding hydrogens is 350 g/mol. The van der Waals surface area contributed by atoms with E-state index in [2.05, 4.69) is 5.32 Å². The lowest BCUT2D eigenvalue weighted by atomic mass is 9.98. The molecule has 5 heteroatoms. The number of hydrogen-bond donors (Lipinski definition) is 1. The molecule has 2 aliphatic rings. The zero-order valence-corrected chi connectivity index (χ0v) is 16.6. The Morgan fingerprint density at radius 2 is 1.82 bits per heavy atom. The molecule has 0 spiro atoms. The number of amides is 1. The SMILES string of the molecule is CCOc1nc(-c2ccccc2)nc2c1CCC(C(=O)NC1CCCC1)CC2. The summed E-state index contributed by atoms with van der Waals surface area (Å²) in [5.74, 6) is 1.65. The molecule has 1 amide bonds. The second kappa shape index (κ2) is 8.72. The largest absolute Gasteiger partial charge is 0.478 e. The topological polar surface area (TPSA) is 64.1 Å². The first-order valence-electron chi connectivity index (χ1n) is 10.6. The molecule has 5 nitrogen and oxygen atoms in total. The average Bonchev–Trinajstić information content (AvgIpc) is 3.12. The maximum atomic E-state index is 12.8. The zero-order chi connectivity index (χ0) is 19.3. The Morgan fingerprint density at radius 1 is 1.07 bits per heavy atom. The smallest absolute Gasteiger partial charge is 0.223 e. The Balaban J connectivity index is 1.55. The lowest BCUT2D eigenvalue weighted by molar-refractivity contribution is -0.126. The van der Waals surface area contributed by atoms with Crippen LogP contribution >= 0.6 is 0 Å². The van der Waals surface area contributed by atoms with Gasteiger partial charge in [-0.3, -0.25) is 4.79 Å². The Morgan fingerprint density at radius 3 is 2.57 bits per heavy atom. The Labute approximate surface area is 166 Å². The third-order valence-corrected chi connectivity index (χ3v) is 5.91. The van der Waals surface area contributed by atoms with E-state index in [0.29, 0.717) is 24.4 Å². The van der Waals surface area contributed by atoms with Gasteiger partial charge in [0.1, 0.15) is 0 Å². The van der Waals surface area contributed by atoms with E-state index in [1.807, 2.05) is 37.3 Å². The van der Waals surface area contributed by atoms with Crippen molar-refractivity contribution in [3.8, 4) is 17.3 Å². The quantitative estimate of drug-likeness (QED) is 0.795. The number of nitrogens with zero attached hydrogens (tertiary/aromatic N) is 2. The molecule has 0 saturated heterocycles. The van der Waals surface area contributed by atoms with Gasteiger partial charge in [0, 0.05) is 23.1 Å². The van der Waals surface area contributed by atoms with Crippen LogP contribution < -0.4 is 10.1 Å². The number of carbonyl (C=O) groups is 1. The van der Waals surface area contributed by atoms with Crippen molar-refractivity contribution >= 4 is 5.91 Å². The van der Waals surface area contributed by atoms with Crippen LogP contribution in [0.25, 0.3) is 11.4 Å². The van der Waals surface area contributed by atoms with E-state index >= 15 is 0 Å². The number of aryl methyl sites for hydroxylation is 1. The van der Waals surface area contributed by atoms with Gasteiger partial charge in [0.05, 0.1) is 12.3 Å². The monoisotopic (exact) mass is 379 g/mol. The lowest BCUT2D eigenvalue weighted by Gasteiger charge is -2.18. The van der Waals surface area contributed by atoms with Gasteiger partial charge < -0.3 is 10.1 Å². The van der Waals surface area contributed by atoms with Crippen molar-refractivity contribution in [3.63, 3.8) is 0 Å². The van der Waals surface area contributed by atoms with Gasteiger partial charge in [-0.25, -0.2) is 4.98 Å². The first kappa shape index (κ1) is 18.9. The molecule has 28 heavy (non-hydrogen) atoms. The highest BCUT2D eigenvalue weighted by Gasteiger charge is 2.28. The van der Waals surface area contributed by atoms with Crippen molar-refractivity contribution in [1.29, 1.82) is 0 Å². The third-order valence-electron chi connectivity index (χ3n) is 5.91. The Hall–Kier alpha value is -2.43. The van der Waals surface area contributed by atoms with Crippen molar-refractivity contribution in [2.24, 2.45) is 5.92 Å². The minimum atomic E-state index is 0.0458. The van der Waals surface area contributed by atoms with Crippen LogP contribution in [0.2, 0.25) is 0 Å². The van der Waals surface area contributed by atoms with Gasteiger partial charge in [-0.15, -0.1) is 0 Å². The van der Waals surface area contributed by atoms with Crippen LogP contribution in [-0.4, -0.2) is 28.5 Å². The lowest BCUT2D eigenvalue weighted by Crippen LogP contribution is -2.37. The summed E-state index contributed by atoms with van der Waals surface area (Å²) >= 11 is 0. The standard InChI is InChI=1S/C23H29N3O2/c1-2-28-23-19-14-12-17(22(27)24-18-10-6-7-11-18)13-15-20(19)25-21(26-23)16-8-4-3-5-9-16/h3-5,8-9,17-18H,2,6-7,10-15H2,1H3,(H,24,27). The summed E-state index contributed by atoms with van der Waals surface area (Å²) in [5, 5.41) is 3.27. The molecular formula is C23H29N3O2. The van der Waals surface area contributed by atoms with Gasteiger partial charge >= 0.3 is 0 Å². The minimum Gasteiger partial charge on any atom is -0.478 e. The molecule has 1 fully saturated rings. The van der Waals surface area contributed by atoms with E-state index < -0.39 is 0 Å². The summed E-state index contributed by atoms with van der Waals surface area (Å²) in [6.07, 6.45) is 7.97. The molecule has 1 atom stereocenters. The zero-order valence-electron chi connectivity index (χ0n) is 16.6. The van der Waals surface area contributed by atoms with Crippen molar-refractivity contribution in [3.05, 3.63) is 41.6 Å². The molecule has 0 bridgehead atoms. The molecule has 1 saturated carbocycles. The van der Waals surface area contributed by atoms with Gasteiger partial charge in [-0.1, -0.05) is 43.2 Å². The summed E-state index contributed by atoms with van der Waals surface area (Å²) in [7, 11) is 0. The van der Waals surface area contributed by atoms with Crippen LogP contribution in [0.3, 0.4) is 0 Å². The van der Waals surface area contributed by atoms with Crippen LogP contribution in [0.4, 0.5) is 0 Å². The minimum absolute atomic E-state index is 0.0458. The highest BCUT2D eigenvalue weighted by molar-refractivity contribution is 5.79. The number of fused-ring (bicyclic) bond motifs is 1. The van der Waals surface area contributed by atoms with E-state index in [4.69, 9.17) is 14.7 Å². The fourth-order valence-electron chi connectivity index (χ4n) is 4.36. The highest BCUT2D eigenvalue weighted by Crippen LogP contribution is 2.31. The van der Waals surface area contributed by atoms with Gasteiger partial charge in [0.25, 0.3) is 0 Å². The number of hydrogen-bond acceptors (Lipinski definition) is 4. The maximum Gasteiger partial charge on any atom is 0.223 e. The summed E-state index contributed by atoms with van der Waals surface area (Å²) in [4.78, 5) is 22.3. The summed E-state index contributed by atoms with van der Waals surface area (Å²) < 4.78 is 5.87. The second-order valence-electron chi connectivity index (χ2n) is 7.84. The molecule has 2 aromatic rings. The molecule has 0 aliphatic heterocycles. The van der Waals surface area contributed by atoms with E-state index in [-0.39, 0.29) is 11.8 Å². The number of rotatable bonds is 5. The van der Waals surface area contributed by atoms with Crippen molar-refractivity contribution in [2.75, 3.05) is 6.61 Å². The summed E-state index contributed by atoms with van der Waals surface area (Å²) in [6, 6.07) is 10.4. The molecule has 1 unspecified atom stereocenters. The first-order valence-corrected chi connectivity index (χ1v) is 10.6. The van der Waals surface area contributed by atoms with Crippen LogP contribution in [0.15, 0.2) is 30.3 Å². The van der Waals surface area contributed by atoms with Crippen LogP contribution in [-0.2, 0) is 17.6 Å². The van der Waals surface area contributed by atoms with Crippen molar-refractivity contribution < 1.29 is 9.53 Å². The molecule has 1 aromatic carbocycles. The van der Waals surface area contributed by atoms with E-state index in [1.54, 1.807) is 0 Å². The van der Waals surface area contributed by atoms with Gasteiger partial charge in [-0.05, 0) is 45.4 Å². The van der Waals surface area contributed by atoms with Gasteiger partial charge in [0.2, 0.25) is 11.8 Å². The molecule has 1 N–H and O–H groups in total. The van der Waals surface area contributed by atoms with Gasteiger partial charge in [-0.2, -0.15) is 4.98 Å². The molecule has 1 heterocycles. The molecule has 148 valence electrons. The van der Waals surface area contributed by atoms with Crippen LogP contribution in [0.5, 0.6) is 5.88 Å². The van der Waals surface area contributed by atoms with Crippen LogP contribution in [0.1, 0.15) is 56.7 Å². The molecule has 0 radical (unpaired) electrons. The van der Waals surface area contributed by atoms with Gasteiger partial charge in [0.15, 0.2) is 5.82 Å². The number of carbonyl (C=O) groups excluding carboxylic acids is 1. The third kappa shape index (κ3) is 4.18. The van der Waals surface area contributed by atoms with Crippen molar-refractivity contribution in [1.82, 2.24) is 15.3 Å². The number of benzene rings is 1. The molecule has 2 aliphatic carbocycles. The fraction of sp³-hybridized carbons (Fsp3) is 0.522. The van der Waals surface area contributed by atoms with E-state index in [9.17, 15) is 4.79 Å². The predicted octanol–water partition coefficient (Wildman–Crippen LogP) is 4.10. The number of nitrogens with one attached hydrogen (secondary N) is 1. The number of ether oxygens (including phenoxy) is 1. The van der Waals surface area contributed by atoms with Crippen LogP contribution in [0, 0.1) is 5.92 Å². The summed E-state index contributed by atoms with van der Waals surface area (Å²) in [5.41, 5.74) is 3.11. The summed E-state index contributed by atoms with van der Waals surface area (Å²) in [6.45, 7) is 2.55. The predicted molar refractivity (Wildman–Crippen MR) is 109 cm³/mol. The normalized spacial score (nSPS) is 19.7. The molecule has 1 aromatic heterocycles. The van der Waals surface area contributed by atoms with Crippen molar-refractivity contribution in [2.45, 2.75) is 64.3 Å². The second-order valence-corrected chi connectivity index (χ2v) is 7.84. The molecule has 4 rings (SSSR count). The van der Waals surface area contributed by atoms with E-state index in [1.165, 1.54) is 12.8 Å². The Bertz CT molecular complexity index is 816. The Kier molecular flexibility index (Phi) is 5.89. The van der Waals surface area contributed by atoms with E-state index in [0.717, 1.165) is 55.3 Å². The maximum absolute atomic E-state index is 12.8.